The van der Waals surface area contributed by atoms with Crippen LogP contribution in [0, 0.1) is 6.92 Å². The van der Waals surface area contributed by atoms with E-state index in [0.717, 1.165) is 34.7 Å². The van der Waals surface area contributed by atoms with Crippen molar-refractivity contribution in [2.75, 3.05) is 27.8 Å². The third-order valence-corrected chi connectivity index (χ3v) is 4.01. The Morgan fingerprint density at radius 2 is 1.81 bits per heavy atom. The molecule has 6 heteroatoms. The van der Waals surface area contributed by atoms with Gasteiger partial charge >= 0.3 is 0 Å². The Labute approximate surface area is 159 Å². The SMILES string of the molecule is COc1ccc(CCN=CN(C)C=Nc2ccc(Cl)cc2C)cc1OC. The summed E-state index contributed by atoms with van der Waals surface area (Å²) in [6.45, 7) is 2.66. The summed E-state index contributed by atoms with van der Waals surface area (Å²) in [5.74, 6) is 1.46. The smallest absolute Gasteiger partial charge is 0.160 e. The molecule has 0 saturated carbocycles. The first-order valence-electron chi connectivity index (χ1n) is 8.26. The molecule has 0 heterocycles. The minimum absolute atomic E-state index is 0.674. The van der Waals surface area contributed by atoms with Crippen LogP contribution in [0.15, 0.2) is 46.4 Å². The van der Waals surface area contributed by atoms with Crippen molar-refractivity contribution in [3.05, 3.63) is 52.5 Å². The maximum absolute atomic E-state index is 5.95. The Balaban J connectivity index is 1.87. The molecule has 26 heavy (non-hydrogen) atoms. The highest BCUT2D eigenvalue weighted by atomic mass is 35.5. The van der Waals surface area contributed by atoms with Gasteiger partial charge in [0.15, 0.2) is 11.5 Å². The highest BCUT2D eigenvalue weighted by molar-refractivity contribution is 6.30. The van der Waals surface area contributed by atoms with E-state index in [9.17, 15) is 0 Å². The zero-order valence-corrected chi connectivity index (χ0v) is 16.3. The Hall–Kier alpha value is -2.53. The minimum Gasteiger partial charge on any atom is -0.493 e. The van der Waals surface area contributed by atoms with Crippen LogP contribution in [0.4, 0.5) is 5.69 Å². The molecule has 0 bridgehead atoms. The minimum atomic E-state index is 0.674. The maximum Gasteiger partial charge on any atom is 0.160 e. The molecule has 138 valence electrons. The van der Waals surface area contributed by atoms with Crippen molar-refractivity contribution in [3.63, 3.8) is 0 Å². The second-order valence-corrected chi connectivity index (χ2v) is 6.24. The fourth-order valence-electron chi connectivity index (χ4n) is 2.36. The largest absolute Gasteiger partial charge is 0.493 e. The van der Waals surface area contributed by atoms with E-state index in [1.165, 1.54) is 0 Å². The lowest BCUT2D eigenvalue weighted by molar-refractivity contribution is 0.354. The van der Waals surface area contributed by atoms with E-state index in [1.807, 2.05) is 55.3 Å². The summed E-state index contributed by atoms with van der Waals surface area (Å²) in [6.07, 6.45) is 4.31. The Morgan fingerprint density at radius 3 is 2.50 bits per heavy atom. The van der Waals surface area contributed by atoms with Crippen LogP contribution < -0.4 is 9.47 Å². The number of hydrogen-bond donors (Lipinski definition) is 0. The van der Waals surface area contributed by atoms with E-state index in [1.54, 1.807) is 26.9 Å². The maximum atomic E-state index is 5.95. The molecule has 5 nitrogen and oxygen atoms in total. The van der Waals surface area contributed by atoms with Crippen LogP contribution in [-0.4, -0.2) is 45.4 Å². The van der Waals surface area contributed by atoms with E-state index >= 15 is 0 Å². The fourth-order valence-corrected chi connectivity index (χ4v) is 2.59. The van der Waals surface area contributed by atoms with Gasteiger partial charge in [0.2, 0.25) is 0 Å². The van der Waals surface area contributed by atoms with Crippen LogP contribution in [0.3, 0.4) is 0 Å². The monoisotopic (exact) mass is 373 g/mol. The number of methoxy groups -OCH3 is 2. The zero-order chi connectivity index (χ0) is 18.9. The molecule has 0 N–H and O–H groups in total. The molecule has 2 rings (SSSR count). The number of rotatable bonds is 8. The molecule has 2 aromatic carbocycles. The summed E-state index contributed by atoms with van der Waals surface area (Å²) in [5, 5.41) is 0.714. The molecule has 2 aromatic rings. The Bertz CT molecular complexity index is 791. The molecule has 0 aliphatic carbocycles. The number of ether oxygens (including phenoxy) is 2. The first kappa shape index (κ1) is 19.8. The fraction of sp³-hybridized carbons (Fsp3) is 0.300. The number of aryl methyl sites for hydroxylation is 1. The van der Waals surface area contributed by atoms with E-state index < -0.39 is 0 Å². The third kappa shape index (κ3) is 5.77. The first-order chi connectivity index (χ1) is 12.5. The lowest BCUT2D eigenvalue weighted by Gasteiger charge is -2.09. The lowest BCUT2D eigenvalue weighted by atomic mass is 10.1. The number of hydrogen-bond acceptors (Lipinski definition) is 4. The summed E-state index contributed by atoms with van der Waals surface area (Å²) < 4.78 is 10.6. The lowest BCUT2D eigenvalue weighted by Crippen LogP contribution is -2.13. The zero-order valence-electron chi connectivity index (χ0n) is 15.6. The van der Waals surface area contributed by atoms with Gasteiger partial charge < -0.3 is 14.4 Å². The highest BCUT2D eigenvalue weighted by Crippen LogP contribution is 2.27. The molecule has 0 aromatic heterocycles. The van der Waals surface area contributed by atoms with Crippen molar-refractivity contribution in [1.82, 2.24) is 4.90 Å². The van der Waals surface area contributed by atoms with Crippen LogP contribution in [0.5, 0.6) is 11.5 Å². The summed E-state index contributed by atoms with van der Waals surface area (Å²) >= 11 is 5.95. The molecule has 0 aliphatic heterocycles. The van der Waals surface area contributed by atoms with Crippen LogP contribution >= 0.6 is 11.6 Å². The van der Waals surface area contributed by atoms with Gasteiger partial charge in [0.05, 0.1) is 32.6 Å². The average molecular weight is 374 g/mol. The van der Waals surface area contributed by atoms with Gasteiger partial charge in [-0.2, -0.15) is 0 Å². The van der Waals surface area contributed by atoms with Crippen LogP contribution in [0.1, 0.15) is 11.1 Å². The molecule has 0 aliphatic rings. The van der Waals surface area contributed by atoms with E-state index in [0.29, 0.717) is 11.6 Å². The summed E-state index contributed by atoms with van der Waals surface area (Å²) in [4.78, 5) is 10.7. The first-order valence-corrected chi connectivity index (χ1v) is 8.64. The van der Waals surface area contributed by atoms with Gasteiger partial charge in [-0.25, -0.2) is 4.99 Å². The molecular formula is C20H24ClN3O2. The second kappa shape index (κ2) is 9.82. The molecule has 0 unspecified atom stereocenters. The van der Waals surface area contributed by atoms with Gasteiger partial charge in [-0.15, -0.1) is 0 Å². The van der Waals surface area contributed by atoms with Gasteiger partial charge in [0.25, 0.3) is 0 Å². The van der Waals surface area contributed by atoms with Gasteiger partial charge in [-0.05, 0) is 54.8 Å². The van der Waals surface area contributed by atoms with Gasteiger partial charge in [0, 0.05) is 18.6 Å². The van der Waals surface area contributed by atoms with Gasteiger partial charge in [-0.3, -0.25) is 4.99 Å². The molecule has 0 atom stereocenters. The quantitative estimate of drug-likeness (QED) is 0.504. The van der Waals surface area contributed by atoms with Gasteiger partial charge in [0.1, 0.15) is 0 Å². The standard InChI is InChI=1S/C20H24ClN3O2/c1-15-11-17(21)6-7-18(15)23-14-24(2)13-22-10-9-16-5-8-19(25-3)20(12-16)26-4/h5-8,11-14H,9-10H2,1-4H3. The topological polar surface area (TPSA) is 46.4 Å². The van der Waals surface area contributed by atoms with Crippen molar-refractivity contribution >= 4 is 30.0 Å². The van der Waals surface area contributed by atoms with Crippen LogP contribution in [0.25, 0.3) is 0 Å². The van der Waals surface area contributed by atoms with E-state index in [2.05, 4.69) is 9.98 Å². The average Bonchev–Trinajstić information content (AvgIpc) is 2.64. The normalized spacial score (nSPS) is 11.3. The third-order valence-electron chi connectivity index (χ3n) is 3.78. The van der Waals surface area contributed by atoms with Crippen LogP contribution in [-0.2, 0) is 6.42 Å². The van der Waals surface area contributed by atoms with E-state index in [-0.39, 0.29) is 0 Å². The number of nitrogens with zero attached hydrogens (tertiary/aromatic N) is 3. The van der Waals surface area contributed by atoms with Crippen molar-refractivity contribution in [1.29, 1.82) is 0 Å². The van der Waals surface area contributed by atoms with Crippen molar-refractivity contribution in [2.45, 2.75) is 13.3 Å². The Morgan fingerprint density at radius 1 is 1.04 bits per heavy atom. The molecule has 0 amide bonds. The number of aliphatic imine (C=N–C) groups is 2. The summed E-state index contributed by atoms with van der Waals surface area (Å²) in [6, 6.07) is 11.5. The molecule has 0 radical (unpaired) electrons. The predicted octanol–water partition coefficient (Wildman–Crippen LogP) is 4.53. The van der Waals surface area contributed by atoms with E-state index in [4.69, 9.17) is 21.1 Å². The van der Waals surface area contributed by atoms with Crippen molar-refractivity contribution in [3.8, 4) is 11.5 Å². The number of benzene rings is 2. The van der Waals surface area contributed by atoms with Crippen molar-refractivity contribution in [2.24, 2.45) is 9.98 Å². The van der Waals surface area contributed by atoms with Gasteiger partial charge in [-0.1, -0.05) is 17.7 Å². The van der Waals surface area contributed by atoms with Crippen LogP contribution in [0.2, 0.25) is 5.02 Å². The highest BCUT2D eigenvalue weighted by Gasteiger charge is 2.04. The number of halogens is 1. The molecule has 0 fully saturated rings. The van der Waals surface area contributed by atoms with Crippen molar-refractivity contribution < 1.29 is 9.47 Å². The molecule has 0 saturated heterocycles. The summed E-state index contributed by atoms with van der Waals surface area (Å²) in [5.41, 5.74) is 3.07. The summed E-state index contributed by atoms with van der Waals surface area (Å²) in [7, 11) is 5.16. The molecule has 0 spiro atoms. The predicted molar refractivity (Wildman–Crippen MR) is 109 cm³/mol. The molecular weight excluding hydrogens is 350 g/mol. The second-order valence-electron chi connectivity index (χ2n) is 5.80. The Kier molecular flexibility index (Phi) is 7.48.